The minimum atomic E-state index is -0.692. The van der Waals surface area contributed by atoms with Gasteiger partial charge in [0.25, 0.3) is 5.91 Å². The van der Waals surface area contributed by atoms with Crippen LogP contribution in [0.1, 0.15) is 34.5 Å². The van der Waals surface area contributed by atoms with Crippen LogP contribution in [-0.4, -0.2) is 10.9 Å². The molecule has 2 aromatic carbocycles. The Labute approximate surface area is 155 Å². The Morgan fingerprint density at radius 1 is 1.07 bits per heavy atom. The molecular weight excluding hydrogens is 350 g/mol. The number of hydrogen-bond acceptors (Lipinski definition) is 3. The van der Waals surface area contributed by atoms with Crippen molar-refractivity contribution >= 4 is 5.91 Å². The number of amides is 1. The van der Waals surface area contributed by atoms with E-state index in [4.69, 9.17) is 4.74 Å². The SMILES string of the molecule is C[C@H](NC(=O)c1ccc(OCc2ccncc2)cc1)c1ccc(F)cc1F. The number of benzene rings is 2. The Kier molecular flexibility index (Phi) is 5.76. The van der Waals surface area contributed by atoms with Gasteiger partial charge in [-0.25, -0.2) is 8.78 Å². The first-order valence-corrected chi connectivity index (χ1v) is 8.40. The van der Waals surface area contributed by atoms with E-state index in [0.717, 1.165) is 17.7 Å². The third-order valence-corrected chi connectivity index (χ3v) is 4.05. The van der Waals surface area contributed by atoms with Gasteiger partial charge < -0.3 is 10.1 Å². The van der Waals surface area contributed by atoms with E-state index in [0.29, 0.717) is 17.9 Å². The Balaban J connectivity index is 1.60. The molecule has 0 unspecified atom stereocenters. The Hall–Kier alpha value is -3.28. The first kappa shape index (κ1) is 18.5. The number of aromatic nitrogens is 1. The number of nitrogens with zero attached hydrogens (tertiary/aromatic N) is 1. The van der Waals surface area contributed by atoms with Crippen molar-refractivity contribution in [3.8, 4) is 5.75 Å². The first-order chi connectivity index (χ1) is 13.0. The molecule has 1 heterocycles. The van der Waals surface area contributed by atoms with E-state index in [1.165, 1.54) is 6.07 Å². The van der Waals surface area contributed by atoms with Crippen LogP contribution in [0.5, 0.6) is 5.75 Å². The van der Waals surface area contributed by atoms with Crippen LogP contribution in [-0.2, 0) is 6.61 Å². The molecule has 1 atom stereocenters. The fourth-order valence-electron chi connectivity index (χ4n) is 2.56. The molecule has 3 aromatic rings. The highest BCUT2D eigenvalue weighted by Crippen LogP contribution is 2.19. The fourth-order valence-corrected chi connectivity index (χ4v) is 2.56. The predicted octanol–water partition coefficient (Wildman–Crippen LogP) is 4.43. The molecule has 138 valence electrons. The highest BCUT2D eigenvalue weighted by Gasteiger charge is 2.15. The maximum Gasteiger partial charge on any atom is 0.251 e. The average molecular weight is 368 g/mol. The van der Waals surface area contributed by atoms with E-state index in [9.17, 15) is 13.6 Å². The van der Waals surface area contributed by atoms with Crippen LogP contribution in [0, 0.1) is 11.6 Å². The van der Waals surface area contributed by atoms with Crippen LogP contribution in [0.25, 0.3) is 0 Å². The monoisotopic (exact) mass is 368 g/mol. The lowest BCUT2D eigenvalue weighted by Gasteiger charge is -2.15. The number of pyridine rings is 1. The highest BCUT2D eigenvalue weighted by atomic mass is 19.1. The summed E-state index contributed by atoms with van der Waals surface area (Å²) in [5.74, 6) is -1.08. The minimum Gasteiger partial charge on any atom is -0.489 e. The molecule has 0 fully saturated rings. The van der Waals surface area contributed by atoms with Crippen molar-refractivity contribution in [2.24, 2.45) is 0 Å². The largest absolute Gasteiger partial charge is 0.489 e. The van der Waals surface area contributed by atoms with E-state index in [1.807, 2.05) is 12.1 Å². The minimum absolute atomic E-state index is 0.224. The van der Waals surface area contributed by atoms with E-state index in [-0.39, 0.29) is 11.5 Å². The molecule has 0 saturated carbocycles. The molecule has 1 N–H and O–H groups in total. The summed E-state index contributed by atoms with van der Waals surface area (Å²) in [6.07, 6.45) is 3.38. The topological polar surface area (TPSA) is 51.2 Å². The third kappa shape index (κ3) is 4.88. The van der Waals surface area contributed by atoms with Crippen LogP contribution < -0.4 is 10.1 Å². The summed E-state index contributed by atoms with van der Waals surface area (Å²) in [6, 6.07) is 13.1. The van der Waals surface area contributed by atoms with E-state index < -0.39 is 17.7 Å². The van der Waals surface area contributed by atoms with Gasteiger partial charge >= 0.3 is 0 Å². The van der Waals surface area contributed by atoms with Gasteiger partial charge in [-0.1, -0.05) is 6.07 Å². The molecule has 27 heavy (non-hydrogen) atoms. The number of rotatable bonds is 6. The molecule has 0 saturated heterocycles. The normalized spacial score (nSPS) is 11.7. The van der Waals surface area contributed by atoms with Gasteiger partial charge in [-0.3, -0.25) is 9.78 Å². The number of ether oxygens (including phenoxy) is 1. The van der Waals surface area contributed by atoms with Gasteiger partial charge in [0, 0.05) is 29.6 Å². The number of hydrogen-bond donors (Lipinski definition) is 1. The van der Waals surface area contributed by atoms with E-state index in [2.05, 4.69) is 10.3 Å². The molecule has 0 aliphatic carbocycles. The quantitative estimate of drug-likeness (QED) is 0.700. The first-order valence-electron chi connectivity index (χ1n) is 8.40. The van der Waals surface area contributed by atoms with Crippen molar-refractivity contribution < 1.29 is 18.3 Å². The smallest absolute Gasteiger partial charge is 0.251 e. The van der Waals surface area contributed by atoms with E-state index >= 15 is 0 Å². The second-order valence-corrected chi connectivity index (χ2v) is 6.03. The summed E-state index contributed by atoms with van der Waals surface area (Å²) in [6.45, 7) is 2.04. The van der Waals surface area contributed by atoms with Crippen LogP contribution in [0.15, 0.2) is 67.0 Å². The lowest BCUT2D eigenvalue weighted by atomic mass is 10.1. The summed E-state index contributed by atoms with van der Waals surface area (Å²) in [4.78, 5) is 16.3. The maximum atomic E-state index is 13.8. The molecule has 3 rings (SSSR count). The van der Waals surface area contributed by atoms with Gasteiger partial charge in [-0.05, 0) is 55.0 Å². The van der Waals surface area contributed by atoms with Crippen molar-refractivity contribution in [2.75, 3.05) is 0 Å². The predicted molar refractivity (Wildman–Crippen MR) is 97.3 cm³/mol. The summed E-state index contributed by atoms with van der Waals surface area (Å²) in [5, 5.41) is 2.70. The van der Waals surface area contributed by atoms with Crippen molar-refractivity contribution in [3.63, 3.8) is 0 Å². The summed E-state index contributed by atoms with van der Waals surface area (Å²) in [5.41, 5.74) is 1.63. The molecule has 1 aromatic heterocycles. The second-order valence-electron chi connectivity index (χ2n) is 6.03. The zero-order chi connectivity index (χ0) is 19.2. The Bertz CT molecular complexity index is 915. The van der Waals surface area contributed by atoms with Crippen molar-refractivity contribution in [1.82, 2.24) is 10.3 Å². The molecule has 0 radical (unpaired) electrons. The Morgan fingerprint density at radius 2 is 1.78 bits per heavy atom. The summed E-state index contributed by atoms with van der Waals surface area (Å²) < 4.78 is 32.5. The zero-order valence-electron chi connectivity index (χ0n) is 14.7. The molecular formula is C21H18F2N2O2. The molecule has 0 aliphatic rings. The average Bonchev–Trinajstić information content (AvgIpc) is 2.67. The second kappa shape index (κ2) is 8.40. The standard InChI is InChI=1S/C21H18F2N2O2/c1-14(19-7-4-17(22)12-20(19)23)25-21(26)16-2-5-18(6-3-16)27-13-15-8-10-24-11-9-15/h2-12,14H,13H2,1H3,(H,25,26)/t14-/m0/s1. The highest BCUT2D eigenvalue weighted by molar-refractivity contribution is 5.94. The Morgan fingerprint density at radius 3 is 2.44 bits per heavy atom. The number of carbonyl (C=O) groups excluding carboxylic acids is 1. The van der Waals surface area contributed by atoms with Crippen molar-refractivity contribution in [2.45, 2.75) is 19.6 Å². The summed E-state index contributed by atoms with van der Waals surface area (Å²) in [7, 11) is 0. The van der Waals surface area contributed by atoms with Crippen LogP contribution in [0.2, 0.25) is 0 Å². The van der Waals surface area contributed by atoms with Crippen molar-refractivity contribution in [3.05, 3.63) is 95.3 Å². The molecule has 4 nitrogen and oxygen atoms in total. The van der Waals surface area contributed by atoms with Crippen molar-refractivity contribution in [1.29, 1.82) is 0 Å². The molecule has 6 heteroatoms. The van der Waals surface area contributed by atoms with Crippen LogP contribution in [0.4, 0.5) is 8.78 Å². The molecule has 0 aliphatic heterocycles. The lowest BCUT2D eigenvalue weighted by Crippen LogP contribution is -2.27. The number of halogens is 2. The van der Waals surface area contributed by atoms with Gasteiger partial charge in [-0.2, -0.15) is 0 Å². The van der Waals surface area contributed by atoms with Gasteiger partial charge in [0.05, 0.1) is 6.04 Å². The van der Waals surface area contributed by atoms with E-state index in [1.54, 1.807) is 43.6 Å². The van der Waals surface area contributed by atoms with Gasteiger partial charge in [0.2, 0.25) is 0 Å². The van der Waals surface area contributed by atoms with Gasteiger partial charge in [-0.15, -0.1) is 0 Å². The van der Waals surface area contributed by atoms with Gasteiger partial charge in [0.1, 0.15) is 24.0 Å². The van der Waals surface area contributed by atoms with Gasteiger partial charge in [0.15, 0.2) is 0 Å². The molecule has 1 amide bonds. The number of nitrogens with one attached hydrogen (secondary N) is 1. The third-order valence-electron chi connectivity index (χ3n) is 4.05. The van der Waals surface area contributed by atoms with Crippen LogP contribution in [0.3, 0.4) is 0 Å². The fraction of sp³-hybridized carbons (Fsp3) is 0.143. The maximum absolute atomic E-state index is 13.8. The molecule has 0 spiro atoms. The zero-order valence-corrected chi connectivity index (χ0v) is 14.7. The molecule has 0 bridgehead atoms. The number of carbonyl (C=O) groups is 1. The lowest BCUT2D eigenvalue weighted by molar-refractivity contribution is 0.0939. The van der Waals surface area contributed by atoms with Crippen LogP contribution >= 0.6 is 0 Å². The summed E-state index contributed by atoms with van der Waals surface area (Å²) >= 11 is 0.